The molecule has 0 bridgehead atoms. The van der Waals surface area contributed by atoms with Gasteiger partial charge in [-0.15, -0.1) is 0 Å². The fourth-order valence-electron chi connectivity index (χ4n) is 1.80. The molecule has 90 valence electrons. The van der Waals surface area contributed by atoms with Crippen LogP contribution in [-0.2, 0) is 0 Å². The van der Waals surface area contributed by atoms with Crippen molar-refractivity contribution in [2.45, 2.75) is 6.42 Å². The van der Waals surface area contributed by atoms with Gasteiger partial charge in [-0.1, -0.05) is 34.1 Å². The summed E-state index contributed by atoms with van der Waals surface area (Å²) in [5.41, 5.74) is 2.20. The SMILES string of the molecule is N#CCCN(c1ccccc1)c1ccc(Br)cc1. The fraction of sp³-hybridized carbons (Fsp3) is 0.133. The summed E-state index contributed by atoms with van der Waals surface area (Å²) < 4.78 is 1.06. The Morgan fingerprint density at radius 1 is 0.944 bits per heavy atom. The first kappa shape index (κ1) is 12.7. The lowest BCUT2D eigenvalue weighted by Crippen LogP contribution is -2.17. The van der Waals surface area contributed by atoms with Crippen LogP contribution in [0.1, 0.15) is 6.42 Å². The van der Waals surface area contributed by atoms with Gasteiger partial charge in [0.2, 0.25) is 0 Å². The number of para-hydroxylation sites is 1. The van der Waals surface area contributed by atoms with E-state index in [0.29, 0.717) is 13.0 Å². The number of nitriles is 1. The van der Waals surface area contributed by atoms with Gasteiger partial charge in [-0.25, -0.2) is 0 Å². The van der Waals surface area contributed by atoms with Crippen LogP contribution in [0.15, 0.2) is 59.1 Å². The molecule has 0 spiro atoms. The average Bonchev–Trinajstić information content (AvgIpc) is 2.42. The molecule has 0 radical (unpaired) electrons. The zero-order valence-electron chi connectivity index (χ0n) is 9.88. The summed E-state index contributed by atoms with van der Waals surface area (Å²) in [6.45, 7) is 0.697. The Morgan fingerprint density at radius 2 is 1.56 bits per heavy atom. The number of nitrogens with zero attached hydrogens (tertiary/aromatic N) is 2. The predicted molar refractivity (Wildman–Crippen MR) is 77.8 cm³/mol. The van der Waals surface area contributed by atoms with E-state index >= 15 is 0 Å². The minimum absolute atomic E-state index is 0.505. The van der Waals surface area contributed by atoms with Crippen LogP contribution in [0.5, 0.6) is 0 Å². The van der Waals surface area contributed by atoms with Crippen molar-refractivity contribution in [3.63, 3.8) is 0 Å². The van der Waals surface area contributed by atoms with Crippen molar-refractivity contribution >= 4 is 27.3 Å². The number of halogens is 1. The van der Waals surface area contributed by atoms with Crippen molar-refractivity contribution in [2.75, 3.05) is 11.4 Å². The smallest absolute Gasteiger partial charge is 0.0640 e. The topological polar surface area (TPSA) is 27.0 Å². The van der Waals surface area contributed by atoms with Gasteiger partial charge < -0.3 is 4.90 Å². The Hall–Kier alpha value is -1.79. The first-order valence-corrected chi connectivity index (χ1v) is 6.55. The van der Waals surface area contributed by atoms with Crippen LogP contribution in [0.3, 0.4) is 0 Å². The second kappa shape index (κ2) is 6.23. The van der Waals surface area contributed by atoms with E-state index in [9.17, 15) is 0 Å². The zero-order chi connectivity index (χ0) is 12.8. The Morgan fingerprint density at radius 3 is 2.17 bits per heavy atom. The van der Waals surface area contributed by atoms with Crippen LogP contribution in [0.2, 0.25) is 0 Å². The molecule has 0 aliphatic heterocycles. The van der Waals surface area contributed by atoms with Gasteiger partial charge in [-0.05, 0) is 36.4 Å². The number of anilines is 2. The van der Waals surface area contributed by atoms with Crippen molar-refractivity contribution in [1.82, 2.24) is 0 Å². The van der Waals surface area contributed by atoms with E-state index in [4.69, 9.17) is 5.26 Å². The molecule has 18 heavy (non-hydrogen) atoms. The molecule has 0 amide bonds. The molecule has 0 saturated carbocycles. The molecule has 0 N–H and O–H groups in total. The fourth-order valence-corrected chi connectivity index (χ4v) is 2.06. The van der Waals surface area contributed by atoms with Gasteiger partial charge in [0.25, 0.3) is 0 Å². The third kappa shape index (κ3) is 3.12. The molecule has 2 rings (SSSR count). The highest BCUT2D eigenvalue weighted by molar-refractivity contribution is 9.10. The minimum Gasteiger partial charge on any atom is -0.340 e. The lowest BCUT2D eigenvalue weighted by Gasteiger charge is -2.24. The average molecular weight is 301 g/mol. The third-order valence-corrected chi connectivity index (χ3v) is 3.18. The van der Waals surface area contributed by atoms with Gasteiger partial charge in [0.05, 0.1) is 12.5 Å². The number of benzene rings is 2. The zero-order valence-corrected chi connectivity index (χ0v) is 11.5. The van der Waals surface area contributed by atoms with Gasteiger partial charge in [0, 0.05) is 22.4 Å². The lowest BCUT2D eigenvalue weighted by molar-refractivity contribution is 0.948. The van der Waals surface area contributed by atoms with Crippen molar-refractivity contribution < 1.29 is 0 Å². The molecule has 0 aliphatic carbocycles. The van der Waals surface area contributed by atoms with Crippen LogP contribution in [0.4, 0.5) is 11.4 Å². The summed E-state index contributed by atoms with van der Waals surface area (Å²) in [7, 11) is 0. The molecule has 0 aliphatic rings. The molecule has 2 aromatic rings. The molecular weight excluding hydrogens is 288 g/mol. The summed E-state index contributed by atoms with van der Waals surface area (Å²) in [6, 6.07) is 20.4. The third-order valence-electron chi connectivity index (χ3n) is 2.65. The van der Waals surface area contributed by atoms with Crippen molar-refractivity contribution in [1.29, 1.82) is 5.26 Å². The first-order chi connectivity index (χ1) is 8.81. The second-order valence-corrected chi connectivity index (χ2v) is 4.79. The van der Waals surface area contributed by atoms with Gasteiger partial charge in [-0.3, -0.25) is 0 Å². The Bertz CT molecular complexity index is 529. The summed E-state index contributed by atoms with van der Waals surface area (Å²) in [6.07, 6.45) is 0.505. The standard InChI is InChI=1S/C15H13BrN2/c16-13-7-9-15(10-8-13)18(12-4-11-17)14-5-2-1-3-6-14/h1-3,5-10H,4,12H2. The number of rotatable bonds is 4. The van der Waals surface area contributed by atoms with Gasteiger partial charge in [0.15, 0.2) is 0 Å². The van der Waals surface area contributed by atoms with E-state index in [1.807, 2.05) is 30.3 Å². The maximum absolute atomic E-state index is 8.77. The summed E-state index contributed by atoms with van der Waals surface area (Å²) in [4.78, 5) is 2.15. The summed E-state index contributed by atoms with van der Waals surface area (Å²) in [5, 5.41) is 8.77. The molecule has 0 saturated heterocycles. The molecule has 0 unspecified atom stereocenters. The molecule has 3 heteroatoms. The summed E-state index contributed by atoms with van der Waals surface area (Å²) in [5.74, 6) is 0. The van der Waals surface area contributed by atoms with Gasteiger partial charge >= 0.3 is 0 Å². The first-order valence-electron chi connectivity index (χ1n) is 5.76. The highest BCUT2D eigenvalue weighted by Gasteiger charge is 2.08. The molecular formula is C15H13BrN2. The van der Waals surface area contributed by atoms with Crippen molar-refractivity contribution in [3.05, 3.63) is 59.1 Å². The van der Waals surface area contributed by atoms with Crippen molar-refractivity contribution in [2.24, 2.45) is 0 Å². The molecule has 0 heterocycles. The van der Waals surface area contributed by atoms with E-state index in [1.165, 1.54) is 0 Å². The molecule has 0 atom stereocenters. The van der Waals surface area contributed by atoms with Crippen LogP contribution < -0.4 is 4.90 Å². The van der Waals surface area contributed by atoms with Crippen LogP contribution in [-0.4, -0.2) is 6.54 Å². The van der Waals surface area contributed by atoms with E-state index in [2.05, 4.69) is 51.2 Å². The lowest BCUT2D eigenvalue weighted by atomic mass is 10.2. The highest BCUT2D eigenvalue weighted by atomic mass is 79.9. The maximum Gasteiger partial charge on any atom is 0.0640 e. The monoisotopic (exact) mass is 300 g/mol. The van der Waals surface area contributed by atoms with E-state index in [1.54, 1.807) is 0 Å². The van der Waals surface area contributed by atoms with Crippen LogP contribution in [0, 0.1) is 11.3 Å². The highest BCUT2D eigenvalue weighted by Crippen LogP contribution is 2.26. The molecule has 0 fully saturated rings. The quantitative estimate of drug-likeness (QED) is 0.831. The Balaban J connectivity index is 2.31. The predicted octanol–water partition coefficient (Wildman–Crippen LogP) is 4.50. The van der Waals surface area contributed by atoms with Gasteiger partial charge in [-0.2, -0.15) is 5.26 Å². The van der Waals surface area contributed by atoms with Gasteiger partial charge in [0.1, 0.15) is 0 Å². The Labute approximate surface area is 116 Å². The molecule has 2 nitrogen and oxygen atoms in total. The van der Waals surface area contributed by atoms with E-state index in [-0.39, 0.29) is 0 Å². The van der Waals surface area contributed by atoms with Crippen molar-refractivity contribution in [3.8, 4) is 6.07 Å². The largest absolute Gasteiger partial charge is 0.340 e. The van der Waals surface area contributed by atoms with E-state index in [0.717, 1.165) is 15.8 Å². The normalized spacial score (nSPS) is 9.78. The number of hydrogen-bond donors (Lipinski definition) is 0. The maximum atomic E-state index is 8.77. The minimum atomic E-state index is 0.505. The van der Waals surface area contributed by atoms with E-state index < -0.39 is 0 Å². The summed E-state index contributed by atoms with van der Waals surface area (Å²) >= 11 is 3.43. The van der Waals surface area contributed by atoms with Crippen LogP contribution in [0.25, 0.3) is 0 Å². The molecule has 2 aromatic carbocycles. The second-order valence-electron chi connectivity index (χ2n) is 3.87. The van der Waals surface area contributed by atoms with Crippen LogP contribution >= 0.6 is 15.9 Å². The Kier molecular flexibility index (Phi) is 4.38. The number of hydrogen-bond acceptors (Lipinski definition) is 2. The molecule has 0 aromatic heterocycles.